The number of hydrogen-bond donors (Lipinski definition) is 0. The summed E-state index contributed by atoms with van der Waals surface area (Å²) in [7, 11) is 0. The van der Waals surface area contributed by atoms with Gasteiger partial charge in [0.2, 0.25) is 0 Å². The smallest absolute Gasteiger partial charge is 0.330 e. The van der Waals surface area contributed by atoms with Crippen LogP contribution in [0.2, 0.25) is 0 Å². The first-order valence-electron chi connectivity index (χ1n) is 5.71. The molecular formula is C12H18O4. The molecule has 0 aromatic heterocycles. The average molecular weight is 226 g/mol. The Labute approximate surface area is 95.6 Å². The monoisotopic (exact) mass is 226 g/mol. The summed E-state index contributed by atoms with van der Waals surface area (Å²) >= 11 is 0. The van der Waals surface area contributed by atoms with Gasteiger partial charge in [0.15, 0.2) is 0 Å². The molecule has 1 saturated heterocycles. The Morgan fingerprint density at radius 3 is 2.56 bits per heavy atom. The Balaban J connectivity index is 0.000000181. The van der Waals surface area contributed by atoms with Gasteiger partial charge in [-0.05, 0) is 12.5 Å². The van der Waals surface area contributed by atoms with Crippen molar-refractivity contribution in [1.82, 2.24) is 0 Å². The van der Waals surface area contributed by atoms with Gasteiger partial charge in [0.05, 0.1) is 13.0 Å². The topological polar surface area (TPSA) is 52.6 Å². The summed E-state index contributed by atoms with van der Waals surface area (Å²) in [6.07, 6.45) is 7.34. The summed E-state index contributed by atoms with van der Waals surface area (Å²) in [4.78, 5) is 20.5. The number of rotatable bonds is 3. The zero-order chi connectivity index (χ0) is 11.8. The number of ether oxygens (including phenoxy) is 2. The van der Waals surface area contributed by atoms with Crippen LogP contribution in [0.25, 0.3) is 0 Å². The van der Waals surface area contributed by atoms with E-state index in [-0.39, 0.29) is 11.9 Å². The molecule has 1 unspecified atom stereocenters. The van der Waals surface area contributed by atoms with Gasteiger partial charge in [0, 0.05) is 12.0 Å². The van der Waals surface area contributed by atoms with Crippen LogP contribution in [0.3, 0.4) is 0 Å². The van der Waals surface area contributed by atoms with Gasteiger partial charge in [0.25, 0.3) is 0 Å². The second-order valence-corrected chi connectivity index (χ2v) is 3.93. The third-order valence-electron chi connectivity index (χ3n) is 2.48. The SMILES string of the molecule is CCCCC1COC(=O)C1.O=C1C=CCO1. The molecule has 2 aliphatic heterocycles. The van der Waals surface area contributed by atoms with Crippen molar-refractivity contribution in [2.24, 2.45) is 5.92 Å². The fourth-order valence-electron chi connectivity index (χ4n) is 1.57. The first-order valence-corrected chi connectivity index (χ1v) is 5.71. The van der Waals surface area contributed by atoms with Gasteiger partial charge in [-0.15, -0.1) is 0 Å². The van der Waals surface area contributed by atoms with E-state index in [4.69, 9.17) is 4.74 Å². The predicted molar refractivity (Wildman–Crippen MR) is 58.7 cm³/mol. The molecule has 0 spiro atoms. The van der Waals surface area contributed by atoms with Crippen LogP contribution in [0, 0.1) is 5.92 Å². The highest BCUT2D eigenvalue weighted by molar-refractivity contribution is 5.83. The first kappa shape index (κ1) is 12.7. The van der Waals surface area contributed by atoms with Crippen molar-refractivity contribution in [3.8, 4) is 0 Å². The Morgan fingerprint density at radius 2 is 2.19 bits per heavy atom. The fraction of sp³-hybridized carbons (Fsp3) is 0.667. The largest absolute Gasteiger partial charge is 0.465 e. The second-order valence-electron chi connectivity index (χ2n) is 3.93. The van der Waals surface area contributed by atoms with E-state index in [0.29, 0.717) is 25.6 Å². The van der Waals surface area contributed by atoms with Crippen molar-refractivity contribution >= 4 is 11.9 Å². The van der Waals surface area contributed by atoms with Crippen LogP contribution in [0.15, 0.2) is 12.2 Å². The van der Waals surface area contributed by atoms with Crippen LogP contribution in [0.5, 0.6) is 0 Å². The summed E-state index contributed by atoms with van der Waals surface area (Å²) in [6, 6.07) is 0. The number of carbonyl (C=O) groups excluding carboxylic acids is 2. The maximum Gasteiger partial charge on any atom is 0.330 e. The molecule has 0 saturated carbocycles. The van der Waals surface area contributed by atoms with Gasteiger partial charge in [-0.25, -0.2) is 4.79 Å². The Morgan fingerprint density at radius 1 is 1.38 bits per heavy atom. The number of carbonyl (C=O) groups is 2. The quantitative estimate of drug-likeness (QED) is 0.689. The van der Waals surface area contributed by atoms with Crippen molar-refractivity contribution in [1.29, 1.82) is 0 Å². The van der Waals surface area contributed by atoms with E-state index in [1.54, 1.807) is 6.08 Å². The summed E-state index contributed by atoms with van der Waals surface area (Å²) < 4.78 is 9.23. The molecule has 2 heterocycles. The Hall–Kier alpha value is -1.32. The Bertz CT molecular complexity index is 270. The normalized spacial score (nSPS) is 22.4. The minimum Gasteiger partial charge on any atom is -0.465 e. The van der Waals surface area contributed by atoms with Crippen molar-refractivity contribution < 1.29 is 19.1 Å². The van der Waals surface area contributed by atoms with E-state index in [2.05, 4.69) is 11.7 Å². The molecule has 0 N–H and O–H groups in total. The summed E-state index contributed by atoms with van der Waals surface area (Å²) in [5.74, 6) is 0.281. The van der Waals surface area contributed by atoms with Gasteiger partial charge in [0.1, 0.15) is 6.61 Å². The molecule has 2 rings (SSSR count). The molecular weight excluding hydrogens is 208 g/mol. The van der Waals surface area contributed by atoms with Crippen molar-refractivity contribution in [2.45, 2.75) is 32.6 Å². The molecule has 1 atom stereocenters. The summed E-state index contributed by atoms with van der Waals surface area (Å²) in [5.41, 5.74) is 0. The lowest BCUT2D eigenvalue weighted by Crippen LogP contribution is -1.97. The maximum atomic E-state index is 10.6. The molecule has 0 bridgehead atoms. The third-order valence-corrected chi connectivity index (χ3v) is 2.48. The highest BCUT2D eigenvalue weighted by Gasteiger charge is 2.22. The molecule has 4 heteroatoms. The van der Waals surface area contributed by atoms with E-state index >= 15 is 0 Å². The lowest BCUT2D eigenvalue weighted by molar-refractivity contribution is -0.138. The molecule has 0 aromatic carbocycles. The van der Waals surface area contributed by atoms with Gasteiger partial charge < -0.3 is 9.47 Å². The van der Waals surface area contributed by atoms with E-state index in [1.807, 2.05) is 0 Å². The molecule has 0 radical (unpaired) electrons. The van der Waals surface area contributed by atoms with Crippen LogP contribution >= 0.6 is 0 Å². The highest BCUT2D eigenvalue weighted by atomic mass is 16.5. The van der Waals surface area contributed by atoms with Crippen LogP contribution in [-0.4, -0.2) is 25.2 Å². The van der Waals surface area contributed by atoms with Crippen LogP contribution in [0.4, 0.5) is 0 Å². The minimum atomic E-state index is -0.227. The van der Waals surface area contributed by atoms with Gasteiger partial charge in [-0.2, -0.15) is 0 Å². The van der Waals surface area contributed by atoms with Crippen LogP contribution in [-0.2, 0) is 19.1 Å². The molecule has 2 aliphatic rings. The number of hydrogen-bond acceptors (Lipinski definition) is 4. The van der Waals surface area contributed by atoms with E-state index in [0.717, 1.165) is 6.42 Å². The number of unbranched alkanes of at least 4 members (excludes halogenated alkanes) is 1. The maximum absolute atomic E-state index is 10.6. The average Bonchev–Trinajstić information content (AvgIpc) is 2.88. The van der Waals surface area contributed by atoms with Crippen LogP contribution < -0.4 is 0 Å². The molecule has 1 fully saturated rings. The number of esters is 2. The Kier molecular flexibility index (Phi) is 5.61. The molecule has 16 heavy (non-hydrogen) atoms. The second kappa shape index (κ2) is 7.04. The number of cyclic esters (lactones) is 2. The summed E-state index contributed by atoms with van der Waals surface area (Å²) in [6.45, 7) is 3.29. The molecule has 0 aromatic rings. The van der Waals surface area contributed by atoms with Gasteiger partial charge >= 0.3 is 11.9 Å². The fourth-order valence-corrected chi connectivity index (χ4v) is 1.57. The summed E-state index contributed by atoms with van der Waals surface area (Å²) in [5, 5.41) is 0. The van der Waals surface area contributed by atoms with Crippen LogP contribution in [0.1, 0.15) is 32.6 Å². The third kappa shape index (κ3) is 4.96. The molecule has 0 amide bonds. The molecule has 90 valence electrons. The zero-order valence-electron chi connectivity index (χ0n) is 9.61. The van der Waals surface area contributed by atoms with Crippen molar-refractivity contribution in [2.75, 3.05) is 13.2 Å². The molecule has 4 nitrogen and oxygen atoms in total. The first-order chi connectivity index (χ1) is 7.72. The van der Waals surface area contributed by atoms with E-state index < -0.39 is 0 Å². The predicted octanol–water partition coefficient (Wildman–Crippen LogP) is 1.84. The highest BCUT2D eigenvalue weighted by Crippen LogP contribution is 2.19. The lowest BCUT2D eigenvalue weighted by atomic mass is 10.0. The minimum absolute atomic E-state index is 0.0129. The van der Waals surface area contributed by atoms with Crippen molar-refractivity contribution in [3.05, 3.63) is 12.2 Å². The lowest BCUT2D eigenvalue weighted by Gasteiger charge is -2.01. The van der Waals surface area contributed by atoms with Crippen molar-refractivity contribution in [3.63, 3.8) is 0 Å². The van der Waals surface area contributed by atoms with E-state index in [1.165, 1.54) is 18.9 Å². The standard InChI is InChI=1S/C8H14O2.C4H4O2/c1-2-3-4-7-5-8(9)10-6-7;5-4-2-1-3-6-4/h7H,2-6H2,1H3;1-2H,3H2. The molecule has 0 aliphatic carbocycles. The van der Waals surface area contributed by atoms with E-state index in [9.17, 15) is 9.59 Å². The zero-order valence-corrected chi connectivity index (χ0v) is 9.61. The van der Waals surface area contributed by atoms with Gasteiger partial charge in [-0.3, -0.25) is 4.79 Å². The van der Waals surface area contributed by atoms with Gasteiger partial charge in [-0.1, -0.05) is 19.8 Å².